The third kappa shape index (κ3) is 5.34. The van der Waals surface area contributed by atoms with Gasteiger partial charge >= 0.3 is 0 Å². The second-order valence-corrected chi connectivity index (χ2v) is 5.24. The highest BCUT2D eigenvalue weighted by atomic mass is 35.5. The maximum Gasteiger partial charge on any atom is 0.120 e. The third-order valence-corrected chi connectivity index (χ3v) is 3.26. The zero-order chi connectivity index (χ0) is 15.1. The van der Waals surface area contributed by atoms with E-state index in [9.17, 15) is 5.11 Å². The second-order valence-electron chi connectivity index (χ2n) is 4.81. The van der Waals surface area contributed by atoms with Crippen LogP contribution in [0.2, 0.25) is 5.02 Å². The molecule has 1 aromatic heterocycles. The lowest BCUT2D eigenvalue weighted by atomic mass is 10.2. The number of halogens is 1. The van der Waals surface area contributed by atoms with Crippen molar-refractivity contribution in [3.63, 3.8) is 0 Å². The second kappa shape index (κ2) is 7.98. The summed E-state index contributed by atoms with van der Waals surface area (Å²) in [6, 6.07) is 13.0. The van der Waals surface area contributed by atoms with Crippen LogP contribution in [0.3, 0.4) is 0 Å². The molecule has 0 radical (unpaired) electrons. The molecule has 2 rings (SSSR count). The number of nitrogens with one attached hydrogen (secondary N) is 1. The summed E-state index contributed by atoms with van der Waals surface area (Å²) < 4.78 is 5.50. The van der Waals surface area contributed by atoms with Crippen LogP contribution < -0.4 is 10.1 Å². The van der Waals surface area contributed by atoms with Gasteiger partial charge in [-0.2, -0.15) is 0 Å². The van der Waals surface area contributed by atoms with E-state index < -0.39 is 6.10 Å². The minimum Gasteiger partial charge on any atom is -0.491 e. The fraction of sp³-hybridized carbons (Fsp3) is 0.312. The van der Waals surface area contributed by atoms with E-state index in [-0.39, 0.29) is 12.6 Å². The maximum absolute atomic E-state index is 9.93. The predicted molar refractivity (Wildman–Crippen MR) is 83.6 cm³/mol. The number of aliphatic hydroxyl groups excluding tert-OH is 1. The Labute approximate surface area is 129 Å². The smallest absolute Gasteiger partial charge is 0.120 e. The Morgan fingerprint density at radius 2 is 2.14 bits per heavy atom. The van der Waals surface area contributed by atoms with E-state index in [0.29, 0.717) is 17.3 Å². The maximum atomic E-state index is 9.93. The fourth-order valence-electron chi connectivity index (χ4n) is 1.86. The largest absolute Gasteiger partial charge is 0.491 e. The Morgan fingerprint density at radius 3 is 2.86 bits per heavy atom. The van der Waals surface area contributed by atoms with E-state index in [1.165, 1.54) is 0 Å². The topological polar surface area (TPSA) is 54.4 Å². The molecule has 1 aromatic carbocycles. The monoisotopic (exact) mass is 306 g/mol. The molecular weight excluding hydrogens is 288 g/mol. The van der Waals surface area contributed by atoms with Crippen LogP contribution in [0.4, 0.5) is 0 Å². The molecule has 0 spiro atoms. The molecule has 1 unspecified atom stereocenters. The van der Waals surface area contributed by atoms with Gasteiger partial charge in [0, 0.05) is 23.8 Å². The van der Waals surface area contributed by atoms with Crippen LogP contribution in [0.5, 0.6) is 5.75 Å². The van der Waals surface area contributed by atoms with Crippen LogP contribution in [0.25, 0.3) is 0 Å². The quantitative estimate of drug-likeness (QED) is 0.826. The number of pyridine rings is 1. The molecule has 0 aliphatic carbocycles. The first kappa shape index (κ1) is 15.8. The van der Waals surface area contributed by atoms with E-state index in [4.69, 9.17) is 16.3 Å². The molecule has 21 heavy (non-hydrogen) atoms. The Morgan fingerprint density at radius 1 is 1.29 bits per heavy atom. The van der Waals surface area contributed by atoms with Crippen molar-refractivity contribution in [1.29, 1.82) is 0 Å². The van der Waals surface area contributed by atoms with Crippen LogP contribution in [0.1, 0.15) is 18.7 Å². The first-order chi connectivity index (χ1) is 10.1. The summed E-state index contributed by atoms with van der Waals surface area (Å²) in [6.45, 7) is 2.65. The molecule has 0 amide bonds. The SMILES string of the molecule is C[C@@H](NCC(O)COc1cccc(Cl)c1)c1ccccn1. The van der Waals surface area contributed by atoms with Gasteiger partial charge in [-0.1, -0.05) is 23.7 Å². The van der Waals surface area contributed by atoms with Gasteiger partial charge in [0.1, 0.15) is 18.5 Å². The number of nitrogens with zero attached hydrogens (tertiary/aromatic N) is 1. The third-order valence-electron chi connectivity index (χ3n) is 3.03. The van der Waals surface area contributed by atoms with Gasteiger partial charge < -0.3 is 15.2 Å². The number of aromatic nitrogens is 1. The molecule has 0 fully saturated rings. The summed E-state index contributed by atoms with van der Waals surface area (Å²) in [5, 5.41) is 13.8. The first-order valence-corrected chi connectivity index (χ1v) is 7.23. The van der Waals surface area contributed by atoms with Gasteiger partial charge in [0.2, 0.25) is 0 Å². The van der Waals surface area contributed by atoms with Gasteiger partial charge in [-0.25, -0.2) is 0 Å². The van der Waals surface area contributed by atoms with Crippen LogP contribution in [0.15, 0.2) is 48.7 Å². The molecule has 2 aromatic rings. The number of rotatable bonds is 7. The zero-order valence-corrected chi connectivity index (χ0v) is 12.6. The fourth-order valence-corrected chi connectivity index (χ4v) is 2.04. The number of hydrogen-bond donors (Lipinski definition) is 2. The van der Waals surface area contributed by atoms with Gasteiger partial charge in [0.15, 0.2) is 0 Å². The van der Waals surface area contributed by atoms with Gasteiger partial charge in [0.25, 0.3) is 0 Å². The highest BCUT2D eigenvalue weighted by molar-refractivity contribution is 6.30. The van der Waals surface area contributed by atoms with Crippen LogP contribution in [-0.4, -0.2) is 29.3 Å². The zero-order valence-electron chi connectivity index (χ0n) is 11.9. The van der Waals surface area contributed by atoms with Crippen molar-refractivity contribution in [3.05, 3.63) is 59.4 Å². The molecule has 112 valence electrons. The molecule has 0 saturated heterocycles. The van der Waals surface area contributed by atoms with Crippen LogP contribution in [0, 0.1) is 0 Å². The number of benzene rings is 1. The molecule has 5 heteroatoms. The molecule has 2 N–H and O–H groups in total. The van der Waals surface area contributed by atoms with E-state index in [1.807, 2.05) is 37.3 Å². The van der Waals surface area contributed by atoms with E-state index in [1.54, 1.807) is 18.3 Å². The highest BCUT2D eigenvalue weighted by Gasteiger charge is 2.10. The molecule has 0 bridgehead atoms. The summed E-state index contributed by atoms with van der Waals surface area (Å²) in [7, 11) is 0. The van der Waals surface area contributed by atoms with Gasteiger partial charge in [-0.05, 0) is 37.3 Å². The number of hydrogen-bond acceptors (Lipinski definition) is 4. The van der Waals surface area contributed by atoms with Gasteiger partial charge in [-0.15, -0.1) is 0 Å². The number of aliphatic hydroxyl groups is 1. The van der Waals surface area contributed by atoms with Crippen molar-refractivity contribution in [2.24, 2.45) is 0 Å². The van der Waals surface area contributed by atoms with Gasteiger partial charge in [-0.3, -0.25) is 4.98 Å². The highest BCUT2D eigenvalue weighted by Crippen LogP contribution is 2.17. The Hall–Kier alpha value is -1.62. The average molecular weight is 307 g/mol. The van der Waals surface area contributed by atoms with Crippen molar-refractivity contribution in [2.75, 3.05) is 13.2 Å². The minimum atomic E-state index is -0.602. The van der Waals surface area contributed by atoms with Crippen molar-refractivity contribution in [1.82, 2.24) is 10.3 Å². The summed E-state index contributed by atoms with van der Waals surface area (Å²) >= 11 is 5.87. The Bertz CT molecular complexity index is 551. The Balaban J connectivity index is 1.73. The summed E-state index contributed by atoms with van der Waals surface area (Å²) in [5.41, 5.74) is 0.945. The average Bonchev–Trinajstić information content (AvgIpc) is 2.51. The molecule has 4 nitrogen and oxygen atoms in total. The minimum absolute atomic E-state index is 0.0759. The van der Waals surface area contributed by atoms with Crippen molar-refractivity contribution >= 4 is 11.6 Å². The lowest BCUT2D eigenvalue weighted by molar-refractivity contribution is 0.104. The summed E-state index contributed by atoms with van der Waals surface area (Å²) in [5.74, 6) is 0.652. The van der Waals surface area contributed by atoms with Gasteiger partial charge in [0.05, 0.1) is 5.69 Å². The van der Waals surface area contributed by atoms with E-state index in [0.717, 1.165) is 5.69 Å². The molecule has 2 atom stereocenters. The van der Waals surface area contributed by atoms with Crippen LogP contribution in [-0.2, 0) is 0 Å². The molecule has 0 aliphatic rings. The first-order valence-electron chi connectivity index (χ1n) is 6.86. The predicted octanol–water partition coefficient (Wildman–Crippen LogP) is 2.83. The van der Waals surface area contributed by atoms with E-state index >= 15 is 0 Å². The molecule has 0 aliphatic heterocycles. The lowest BCUT2D eigenvalue weighted by Gasteiger charge is -2.17. The normalized spacial score (nSPS) is 13.7. The van der Waals surface area contributed by atoms with Crippen LogP contribution >= 0.6 is 11.6 Å². The Kier molecular flexibility index (Phi) is 5.99. The standard InChI is InChI=1S/C16H19ClN2O2/c1-12(16-7-2-3-8-18-16)19-10-14(20)11-21-15-6-4-5-13(17)9-15/h2-9,12,14,19-20H,10-11H2,1H3/t12-,14?/m1/s1. The van der Waals surface area contributed by atoms with Crippen molar-refractivity contribution in [2.45, 2.75) is 19.1 Å². The molecule has 1 heterocycles. The number of ether oxygens (including phenoxy) is 1. The van der Waals surface area contributed by atoms with Crippen molar-refractivity contribution < 1.29 is 9.84 Å². The summed E-state index contributed by atoms with van der Waals surface area (Å²) in [4.78, 5) is 4.27. The molecular formula is C16H19ClN2O2. The van der Waals surface area contributed by atoms with Crippen molar-refractivity contribution in [3.8, 4) is 5.75 Å². The molecule has 0 saturated carbocycles. The summed E-state index contributed by atoms with van der Waals surface area (Å²) in [6.07, 6.45) is 1.15. The van der Waals surface area contributed by atoms with E-state index in [2.05, 4.69) is 10.3 Å². The lowest BCUT2D eigenvalue weighted by Crippen LogP contribution is -2.33.